The van der Waals surface area contributed by atoms with Crippen molar-refractivity contribution in [2.45, 2.75) is 6.54 Å². The van der Waals surface area contributed by atoms with Crippen molar-refractivity contribution in [3.05, 3.63) is 64.0 Å². The monoisotopic (exact) mass is 404 g/mol. The molecule has 1 aliphatic rings. The summed E-state index contributed by atoms with van der Waals surface area (Å²) in [6.07, 6.45) is 4.16. The zero-order valence-electron chi connectivity index (χ0n) is 13.2. The maximum Gasteiger partial charge on any atom is 0.137 e. The second-order valence-electron chi connectivity index (χ2n) is 6.08. The Kier molecular flexibility index (Phi) is 4.48. The molecule has 0 bridgehead atoms. The smallest absolute Gasteiger partial charge is 0.137 e. The molecule has 4 rings (SSSR count). The van der Waals surface area contributed by atoms with Gasteiger partial charge in [-0.1, -0.05) is 11.6 Å². The average Bonchev–Trinajstić information content (AvgIpc) is 2.98. The van der Waals surface area contributed by atoms with Gasteiger partial charge in [0, 0.05) is 60.3 Å². The number of piperazine rings is 1. The van der Waals surface area contributed by atoms with Crippen LogP contribution in [0.25, 0.3) is 5.65 Å². The number of halogens is 2. The molecule has 0 unspecified atom stereocenters. The van der Waals surface area contributed by atoms with E-state index in [4.69, 9.17) is 16.6 Å². The normalized spacial score (nSPS) is 16.0. The molecule has 24 heavy (non-hydrogen) atoms. The minimum atomic E-state index is 0.788. The molecule has 1 aliphatic heterocycles. The molecule has 0 amide bonds. The molecule has 1 saturated heterocycles. The maximum atomic E-state index is 5.97. The Morgan fingerprint density at radius 3 is 2.46 bits per heavy atom. The third-order valence-corrected chi connectivity index (χ3v) is 5.14. The van der Waals surface area contributed by atoms with Crippen LogP contribution in [0.3, 0.4) is 0 Å². The molecule has 0 aliphatic carbocycles. The van der Waals surface area contributed by atoms with Gasteiger partial charge in [0.1, 0.15) is 5.65 Å². The molecule has 0 spiro atoms. The molecule has 0 atom stereocenters. The summed E-state index contributed by atoms with van der Waals surface area (Å²) in [6, 6.07) is 12.2. The molecule has 1 fully saturated rings. The summed E-state index contributed by atoms with van der Waals surface area (Å²) >= 11 is 9.47. The topological polar surface area (TPSA) is 23.8 Å². The van der Waals surface area contributed by atoms with E-state index in [2.05, 4.69) is 48.5 Å². The van der Waals surface area contributed by atoms with Crippen molar-refractivity contribution in [1.82, 2.24) is 14.3 Å². The Labute approximate surface area is 154 Å². The quantitative estimate of drug-likeness (QED) is 0.656. The van der Waals surface area contributed by atoms with Gasteiger partial charge >= 0.3 is 0 Å². The van der Waals surface area contributed by atoms with Crippen LogP contribution in [0.2, 0.25) is 5.02 Å². The van der Waals surface area contributed by atoms with Crippen LogP contribution in [0.4, 0.5) is 5.69 Å². The number of anilines is 1. The Morgan fingerprint density at radius 1 is 0.958 bits per heavy atom. The van der Waals surface area contributed by atoms with Crippen LogP contribution < -0.4 is 4.90 Å². The first-order valence-electron chi connectivity index (χ1n) is 8.03. The number of aromatic nitrogens is 2. The molecular weight excluding hydrogens is 388 g/mol. The number of fused-ring (bicyclic) bond motifs is 1. The molecule has 3 aromatic rings. The van der Waals surface area contributed by atoms with Gasteiger partial charge in [0.2, 0.25) is 0 Å². The van der Waals surface area contributed by atoms with Crippen LogP contribution in [-0.4, -0.2) is 40.5 Å². The first kappa shape index (κ1) is 15.9. The lowest BCUT2D eigenvalue weighted by Gasteiger charge is -2.35. The second-order valence-corrected chi connectivity index (χ2v) is 7.44. The summed E-state index contributed by atoms with van der Waals surface area (Å²) in [4.78, 5) is 9.58. The van der Waals surface area contributed by atoms with Gasteiger partial charge in [0.05, 0.1) is 5.69 Å². The number of hydrogen-bond acceptors (Lipinski definition) is 3. The van der Waals surface area contributed by atoms with E-state index in [1.54, 1.807) is 0 Å². The third-order valence-electron chi connectivity index (χ3n) is 4.41. The average molecular weight is 406 g/mol. The summed E-state index contributed by atoms with van der Waals surface area (Å²) < 4.78 is 3.14. The van der Waals surface area contributed by atoms with Crippen molar-refractivity contribution in [3.8, 4) is 0 Å². The van der Waals surface area contributed by atoms with Crippen molar-refractivity contribution in [3.63, 3.8) is 0 Å². The molecule has 6 heteroatoms. The van der Waals surface area contributed by atoms with E-state index in [9.17, 15) is 0 Å². The van der Waals surface area contributed by atoms with Crippen molar-refractivity contribution in [2.75, 3.05) is 31.1 Å². The predicted molar refractivity (Wildman–Crippen MR) is 102 cm³/mol. The Bertz CT molecular complexity index is 838. The van der Waals surface area contributed by atoms with E-state index in [0.29, 0.717) is 0 Å². The Morgan fingerprint density at radius 2 is 1.71 bits per heavy atom. The van der Waals surface area contributed by atoms with Gasteiger partial charge in [-0.25, -0.2) is 4.98 Å². The van der Waals surface area contributed by atoms with Crippen molar-refractivity contribution < 1.29 is 0 Å². The summed E-state index contributed by atoms with van der Waals surface area (Å²) in [5.74, 6) is 0. The van der Waals surface area contributed by atoms with Crippen LogP contribution in [-0.2, 0) is 6.54 Å². The highest BCUT2D eigenvalue weighted by Gasteiger charge is 2.18. The van der Waals surface area contributed by atoms with Crippen LogP contribution >= 0.6 is 27.5 Å². The van der Waals surface area contributed by atoms with Gasteiger partial charge in [-0.2, -0.15) is 0 Å². The number of benzene rings is 1. The SMILES string of the molecule is Clc1ccc(N2CCN(Cc3cn4cc(Br)ccc4n3)CC2)cc1. The van der Waals surface area contributed by atoms with Crippen molar-refractivity contribution in [1.29, 1.82) is 0 Å². The van der Waals surface area contributed by atoms with E-state index in [1.807, 2.05) is 30.5 Å². The highest BCUT2D eigenvalue weighted by Crippen LogP contribution is 2.20. The molecule has 3 heterocycles. The summed E-state index contributed by atoms with van der Waals surface area (Å²) in [5.41, 5.74) is 3.36. The van der Waals surface area contributed by atoms with Gasteiger partial charge in [-0.3, -0.25) is 4.90 Å². The van der Waals surface area contributed by atoms with Crippen molar-refractivity contribution >= 4 is 38.9 Å². The van der Waals surface area contributed by atoms with Crippen LogP contribution in [0, 0.1) is 0 Å². The van der Waals surface area contributed by atoms with Gasteiger partial charge in [0.25, 0.3) is 0 Å². The van der Waals surface area contributed by atoms with Gasteiger partial charge < -0.3 is 9.30 Å². The van der Waals surface area contributed by atoms with E-state index in [0.717, 1.165) is 53.6 Å². The van der Waals surface area contributed by atoms with E-state index >= 15 is 0 Å². The number of nitrogens with zero attached hydrogens (tertiary/aromatic N) is 4. The van der Waals surface area contributed by atoms with Crippen LogP contribution in [0.1, 0.15) is 5.69 Å². The molecule has 124 valence electrons. The van der Waals surface area contributed by atoms with Gasteiger partial charge in [-0.05, 0) is 52.3 Å². The first-order valence-corrected chi connectivity index (χ1v) is 9.20. The molecule has 0 radical (unpaired) electrons. The fraction of sp³-hybridized carbons (Fsp3) is 0.278. The number of imidazole rings is 1. The van der Waals surface area contributed by atoms with Crippen molar-refractivity contribution in [2.24, 2.45) is 0 Å². The predicted octanol–water partition coefficient (Wildman–Crippen LogP) is 4.07. The highest BCUT2D eigenvalue weighted by molar-refractivity contribution is 9.10. The van der Waals surface area contributed by atoms with Crippen LogP contribution in [0.5, 0.6) is 0 Å². The van der Waals surface area contributed by atoms with E-state index in [-0.39, 0.29) is 0 Å². The zero-order chi connectivity index (χ0) is 16.5. The van der Waals surface area contributed by atoms with Gasteiger partial charge in [-0.15, -0.1) is 0 Å². The van der Waals surface area contributed by atoms with Gasteiger partial charge in [0.15, 0.2) is 0 Å². The maximum absolute atomic E-state index is 5.97. The lowest BCUT2D eigenvalue weighted by atomic mass is 10.2. The highest BCUT2D eigenvalue weighted by atomic mass is 79.9. The molecule has 1 aromatic carbocycles. The fourth-order valence-electron chi connectivity index (χ4n) is 3.14. The fourth-order valence-corrected chi connectivity index (χ4v) is 3.62. The Balaban J connectivity index is 1.39. The summed E-state index contributed by atoms with van der Waals surface area (Å²) in [7, 11) is 0. The third kappa shape index (κ3) is 3.43. The van der Waals surface area contributed by atoms with E-state index in [1.165, 1.54) is 5.69 Å². The number of rotatable bonds is 3. The zero-order valence-corrected chi connectivity index (χ0v) is 15.5. The standard InChI is InChI=1S/C18H18BrClN4/c19-14-1-6-18-21-16(13-24(18)11-14)12-22-7-9-23(10-8-22)17-4-2-15(20)3-5-17/h1-6,11,13H,7-10,12H2. The molecule has 0 saturated carbocycles. The lowest BCUT2D eigenvalue weighted by molar-refractivity contribution is 0.247. The number of pyridine rings is 1. The number of hydrogen-bond donors (Lipinski definition) is 0. The molecular formula is C18H18BrClN4. The largest absolute Gasteiger partial charge is 0.369 e. The molecule has 4 nitrogen and oxygen atoms in total. The minimum absolute atomic E-state index is 0.788. The van der Waals surface area contributed by atoms with E-state index < -0.39 is 0 Å². The van der Waals surface area contributed by atoms with Crippen LogP contribution in [0.15, 0.2) is 53.3 Å². The first-order chi connectivity index (χ1) is 11.7. The summed E-state index contributed by atoms with van der Waals surface area (Å²) in [6.45, 7) is 5.04. The summed E-state index contributed by atoms with van der Waals surface area (Å²) in [5, 5.41) is 0.788. The Hall–Kier alpha value is -1.56. The molecule has 2 aromatic heterocycles. The molecule has 0 N–H and O–H groups in total. The lowest BCUT2D eigenvalue weighted by Crippen LogP contribution is -2.46. The second kappa shape index (κ2) is 6.75. The minimum Gasteiger partial charge on any atom is -0.369 e.